The van der Waals surface area contributed by atoms with Crippen molar-refractivity contribution in [1.29, 1.82) is 0 Å². The lowest BCUT2D eigenvalue weighted by Gasteiger charge is -2.23. The first kappa shape index (κ1) is 19.5. The second-order valence-electron chi connectivity index (χ2n) is 6.39. The molecule has 3 rings (SSSR count). The summed E-state index contributed by atoms with van der Waals surface area (Å²) < 4.78 is 0. The van der Waals surface area contributed by atoms with Gasteiger partial charge in [0.05, 0.1) is 10.7 Å². The van der Waals surface area contributed by atoms with Crippen molar-refractivity contribution in [3.05, 3.63) is 28.2 Å². The number of anilines is 1. The van der Waals surface area contributed by atoms with E-state index in [1.165, 1.54) is 11.8 Å². The molecule has 2 fully saturated rings. The first-order chi connectivity index (χ1) is 12.5. The van der Waals surface area contributed by atoms with E-state index in [-0.39, 0.29) is 24.3 Å². The van der Waals surface area contributed by atoms with Crippen LogP contribution in [-0.4, -0.2) is 39.7 Å². The molecule has 2 amide bonds. The number of amidine groups is 1. The lowest BCUT2D eigenvalue weighted by atomic mass is 10.2. The maximum Gasteiger partial charge on any atom is 0.242 e. The minimum atomic E-state index is -0.438. The van der Waals surface area contributed by atoms with E-state index in [4.69, 9.17) is 23.2 Å². The Kier molecular flexibility index (Phi) is 6.48. The standard InChI is InChI=1S/C18H21Cl2N3O2S/c1-2-21-18-23(12-5-3-4-6-12)17(25)15(26-18)10-16(24)22-14-8-7-11(19)9-13(14)20/h7-9,12,15H,2-6,10H2,1H3,(H,22,24)/t15-/m0/s1. The van der Waals surface area contributed by atoms with Gasteiger partial charge in [-0.3, -0.25) is 19.5 Å². The Morgan fingerprint density at radius 1 is 1.35 bits per heavy atom. The van der Waals surface area contributed by atoms with Crippen molar-refractivity contribution in [1.82, 2.24) is 4.90 Å². The summed E-state index contributed by atoms with van der Waals surface area (Å²) in [6.07, 6.45) is 4.38. The molecule has 1 aliphatic carbocycles. The molecule has 2 aliphatic rings. The van der Waals surface area contributed by atoms with Gasteiger partial charge in [-0.15, -0.1) is 0 Å². The van der Waals surface area contributed by atoms with E-state index in [0.29, 0.717) is 22.3 Å². The van der Waals surface area contributed by atoms with Gasteiger partial charge >= 0.3 is 0 Å². The SMILES string of the molecule is CCN=C1S[C@@H](CC(=O)Nc2ccc(Cl)cc2Cl)C(=O)N1C1CCCC1. The molecule has 1 atom stereocenters. The highest BCUT2D eigenvalue weighted by atomic mass is 35.5. The number of nitrogens with zero attached hydrogens (tertiary/aromatic N) is 2. The fourth-order valence-corrected chi connectivity index (χ4v) is 5.04. The summed E-state index contributed by atoms with van der Waals surface area (Å²) in [6, 6.07) is 5.11. The molecule has 0 aromatic heterocycles. The zero-order valence-corrected chi connectivity index (χ0v) is 16.8. The third-order valence-electron chi connectivity index (χ3n) is 4.53. The van der Waals surface area contributed by atoms with E-state index in [1.54, 1.807) is 18.2 Å². The van der Waals surface area contributed by atoms with Crippen molar-refractivity contribution in [3.8, 4) is 0 Å². The van der Waals surface area contributed by atoms with Crippen LogP contribution in [-0.2, 0) is 9.59 Å². The number of carbonyl (C=O) groups excluding carboxylic acids is 2. The number of nitrogens with one attached hydrogen (secondary N) is 1. The van der Waals surface area contributed by atoms with E-state index in [1.807, 2.05) is 11.8 Å². The molecule has 8 heteroatoms. The number of hydrogen-bond donors (Lipinski definition) is 1. The zero-order valence-electron chi connectivity index (χ0n) is 14.5. The van der Waals surface area contributed by atoms with Crippen LogP contribution >= 0.6 is 35.0 Å². The molecule has 0 radical (unpaired) electrons. The van der Waals surface area contributed by atoms with Gasteiger partial charge in [-0.1, -0.05) is 47.8 Å². The van der Waals surface area contributed by atoms with E-state index in [9.17, 15) is 9.59 Å². The van der Waals surface area contributed by atoms with Crippen LogP contribution in [0, 0.1) is 0 Å². The van der Waals surface area contributed by atoms with Gasteiger partial charge in [0.1, 0.15) is 5.25 Å². The molecule has 1 aromatic rings. The average Bonchev–Trinajstić information content (AvgIpc) is 3.20. The Bertz CT molecular complexity index is 735. The summed E-state index contributed by atoms with van der Waals surface area (Å²) in [5.74, 6) is -0.254. The van der Waals surface area contributed by atoms with Gasteiger partial charge in [0.15, 0.2) is 5.17 Å². The van der Waals surface area contributed by atoms with Crippen LogP contribution in [0.4, 0.5) is 5.69 Å². The maximum absolute atomic E-state index is 12.9. The van der Waals surface area contributed by atoms with Crippen LogP contribution < -0.4 is 5.32 Å². The fraction of sp³-hybridized carbons (Fsp3) is 0.500. The number of rotatable bonds is 5. The van der Waals surface area contributed by atoms with Crippen molar-refractivity contribution in [2.45, 2.75) is 50.3 Å². The number of benzene rings is 1. The Balaban J connectivity index is 1.68. The lowest BCUT2D eigenvalue weighted by Crippen LogP contribution is -2.40. The van der Waals surface area contributed by atoms with E-state index >= 15 is 0 Å². The molecule has 140 valence electrons. The minimum Gasteiger partial charge on any atom is -0.325 e. The Morgan fingerprint density at radius 2 is 2.08 bits per heavy atom. The van der Waals surface area contributed by atoms with Crippen molar-refractivity contribution in [3.63, 3.8) is 0 Å². The Hall–Kier alpha value is -1.24. The molecule has 1 saturated heterocycles. The monoisotopic (exact) mass is 413 g/mol. The van der Waals surface area contributed by atoms with Crippen molar-refractivity contribution in [2.75, 3.05) is 11.9 Å². The molecule has 26 heavy (non-hydrogen) atoms. The molecule has 0 unspecified atom stereocenters. The second-order valence-corrected chi connectivity index (χ2v) is 8.40. The van der Waals surface area contributed by atoms with Crippen molar-refractivity contribution < 1.29 is 9.59 Å². The van der Waals surface area contributed by atoms with Crippen molar-refractivity contribution in [2.24, 2.45) is 4.99 Å². The van der Waals surface area contributed by atoms with Gasteiger partial charge in [0.2, 0.25) is 11.8 Å². The van der Waals surface area contributed by atoms with Gasteiger partial charge in [0.25, 0.3) is 0 Å². The number of thioether (sulfide) groups is 1. The molecule has 1 aromatic carbocycles. The summed E-state index contributed by atoms with van der Waals surface area (Å²) in [7, 11) is 0. The minimum absolute atomic E-state index is 0.00791. The van der Waals surface area contributed by atoms with Crippen LogP contribution in [0.25, 0.3) is 0 Å². The number of halogens is 2. The van der Waals surface area contributed by atoms with Gasteiger partial charge < -0.3 is 5.32 Å². The summed E-state index contributed by atoms with van der Waals surface area (Å²) >= 11 is 13.4. The van der Waals surface area contributed by atoms with Crippen LogP contribution in [0.15, 0.2) is 23.2 Å². The number of hydrogen-bond acceptors (Lipinski definition) is 4. The molecule has 0 spiro atoms. The Labute approximate surface area is 167 Å². The summed E-state index contributed by atoms with van der Waals surface area (Å²) in [6.45, 7) is 2.57. The van der Waals surface area contributed by atoms with Crippen LogP contribution in [0.1, 0.15) is 39.0 Å². The lowest BCUT2D eigenvalue weighted by molar-refractivity contribution is -0.129. The molecular formula is C18H21Cl2N3O2S. The number of amides is 2. The zero-order chi connectivity index (χ0) is 18.7. The maximum atomic E-state index is 12.9. The van der Waals surface area contributed by atoms with Crippen LogP contribution in [0.5, 0.6) is 0 Å². The third kappa shape index (κ3) is 4.35. The van der Waals surface area contributed by atoms with E-state index < -0.39 is 5.25 Å². The smallest absolute Gasteiger partial charge is 0.242 e. The first-order valence-electron chi connectivity index (χ1n) is 8.78. The topological polar surface area (TPSA) is 61.8 Å². The number of aliphatic imine (C=N–C) groups is 1. The number of carbonyl (C=O) groups is 2. The van der Waals surface area contributed by atoms with Crippen molar-refractivity contribution >= 4 is 57.6 Å². The van der Waals surface area contributed by atoms with E-state index in [2.05, 4.69) is 10.3 Å². The van der Waals surface area contributed by atoms with E-state index in [0.717, 1.165) is 30.9 Å². The highest BCUT2D eigenvalue weighted by molar-refractivity contribution is 8.15. The predicted molar refractivity (Wildman–Crippen MR) is 108 cm³/mol. The molecule has 5 nitrogen and oxygen atoms in total. The van der Waals surface area contributed by atoms with Gasteiger partial charge in [-0.05, 0) is 38.0 Å². The first-order valence-corrected chi connectivity index (χ1v) is 10.4. The quantitative estimate of drug-likeness (QED) is 0.767. The van der Waals surface area contributed by atoms with Gasteiger partial charge in [-0.25, -0.2) is 0 Å². The normalized spacial score (nSPS) is 22.4. The molecule has 1 N–H and O–H groups in total. The molecule has 1 heterocycles. The summed E-state index contributed by atoms with van der Waals surface area (Å²) in [4.78, 5) is 31.6. The van der Waals surface area contributed by atoms with Crippen LogP contribution in [0.2, 0.25) is 10.0 Å². The second kappa shape index (κ2) is 8.63. The predicted octanol–water partition coefficient (Wildman–Crippen LogP) is 4.58. The van der Waals surface area contributed by atoms with Gasteiger partial charge in [-0.2, -0.15) is 0 Å². The highest BCUT2D eigenvalue weighted by Gasteiger charge is 2.43. The summed E-state index contributed by atoms with van der Waals surface area (Å²) in [5.41, 5.74) is 0.492. The highest BCUT2D eigenvalue weighted by Crippen LogP contribution is 2.36. The fourth-order valence-electron chi connectivity index (χ4n) is 3.32. The molecule has 1 saturated carbocycles. The third-order valence-corrected chi connectivity index (χ3v) is 6.26. The van der Waals surface area contributed by atoms with Crippen LogP contribution in [0.3, 0.4) is 0 Å². The molecule has 1 aliphatic heterocycles. The largest absolute Gasteiger partial charge is 0.325 e. The van der Waals surface area contributed by atoms with Gasteiger partial charge in [0, 0.05) is 24.0 Å². The average molecular weight is 414 g/mol. The molecule has 0 bridgehead atoms. The summed E-state index contributed by atoms with van der Waals surface area (Å²) in [5, 5.41) is 3.96. The molecular weight excluding hydrogens is 393 g/mol. The Morgan fingerprint density at radius 3 is 2.73 bits per heavy atom.